The molecule has 0 aliphatic heterocycles. The zero-order valence-corrected chi connectivity index (χ0v) is 25.8. The molecule has 8 nitrogen and oxygen atoms in total. The van der Waals surface area contributed by atoms with Crippen LogP contribution in [0.15, 0.2) is 77.8 Å². The number of benzene rings is 3. The Hall–Kier alpha value is -4.11. The van der Waals surface area contributed by atoms with Crippen LogP contribution >= 0.6 is 11.8 Å². The summed E-state index contributed by atoms with van der Waals surface area (Å²) in [6, 6.07) is 21.2. The van der Waals surface area contributed by atoms with Gasteiger partial charge in [-0.15, -0.1) is 11.8 Å². The number of hydrogen-bond acceptors (Lipinski definition) is 5. The van der Waals surface area contributed by atoms with Crippen LogP contribution in [0.2, 0.25) is 0 Å². The van der Waals surface area contributed by atoms with E-state index in [1.807, 2.05) is 91.9 Å². The van der Waals surface area contributed by atoms with Crippen molar-refractivity contribution in [3.8, 4) is 11.5 Å². The second-order valence-electron chi connectivity index (χ2n) is 10.5. The number of thioether (sulfide) groups is 1. The lowest BCUT2D eigenvalue weighted by Gasteiger charge is -2.29. The Kier molecular flexibility index (Phi) is 10.8. The molecule has 3 amide bonds. The summed E-state index contributed by atoms with van der Waals surface area (Å²) in [5.74, 6) is 1.29. The predicted octanol–water partition coefficient (Wildman–Crippen LogP) is 6.67. The zero-order valence-electron chi connectivity index (χ0n) is 25.0. The third-order valence-electron chi connectivity index (χ3n) is 7.04. The first-order valence-corrected chi connectivity index (χ1v) is 15.3. The van der Waals surface area contributed by atoms with Crippen LogP contribution in [0.25, 0.3) is 10.9 Å². The Morgan fingerprint density at radius 1 is 0.952 bits per heavy atom. The van der Waals surface area contributed by atoms with Crippen LogP contribution in [0, 0.1) is 5.92 Å². The molecule has 0 aliphatic rings. The van der Waals surface area contributed by atoms with Crippen molar-refractivity contribution in [2.24, 2.45) is 5.92 Å². The predicted molar refractivity (Wildman–Crippen MR) is 171 cm³/mol. The summed E-state index contributed by atoms with van der Waals surface area (Å²) in [4.78, 5) is 35.1. The third-order valence-corrected chi connectivity index (χ3v) is 7.78. The smallest absolute Gasteiger partial charge is 0.322 e. The number of fused-ring (bicyclic) bond motifs is 1. The van der Waals surface area contributed by atoms with E-state index < -0.39 is 0 Å². The van der Waals surface area contributed by atoms with Crippen molar-refractivity contribution in [1.29, 1.82) is 0 Å². The van der Waals surface area contributed by atoms with Crippen molar-refractivity contribution in [3.05, 3.63) is 84.1 Å². The minimum Gasteiger partial charge on any atom is -0.493 e. The Bertz CT molecular complexity index is 1490. The van der Waals surface area contributed by atoms with E-state index in [0.717, 1.165) is 26.9 Å². The van der Waals surface area contributed by atoms with Gasteiger partial charge in [-0.1, -0.05) is 38.1 Å². The quantitative estimate of drug-likeness (QED) is 0.170. The first kappa shape index (κ1) is 30.8. The van der Waals surface area contributed by atoms with Crippen molar-refractivity contribution >= 4 is 40.3 Å². The first-order chi connectivity index (χ1) is 20.3. The van der Waals surface area contributed by atoms with E-state index in [2.05, 4.69) is 16.4 Å². The normalized spacial score (nSPS) is 11.0. The average molecular weight is 589 g/mol. The van der Waals surface area contributed by atoms with Crippen LogP contribution in [-0.2, 0) is 17.8 Å². The highest BCUT2D eigenvalue weighted by Gasteiger charge is 2.23. The third kappa shape index (κ3) is 8.00. The molecule has 0 aliphatic carbocycles. The molecule has 42 heavy (non-hydrogen) atoms. The van der Waals surface area contributed by atoms with Crippen LogP contribution in [0.4, 0.5) is 10.5 Å². The summed E-state index contributed by atoms with van der Waals surface area (Å²) < 4.78 is 10.9. The van der Waals surface area contributed by atoms with Crippen molar-refractivity contribution < 1.29 is 19.1 Å². The summed E-state index contributed by atoms with van der Waals surface area (Å²) in [7, 11) is 3.19. The van der Waals surface area contributed by atoms with E-state index in [1.54, 1.807) is 30.9 Å². The van der Waals surface area contributed by atoms with Gasteiger partial charge in [0, 0.05) is 47.3 Å². The highest BCUT2D eigenvalue weighted by Crippen LogP contribution is 2.28. The number of nitrogens with zero attached hydrogens (tertiary/aromatic N) is 2. The van der Waals surface area contributed by atoms with Gasteiger partial charge < -0.3 is 29.6 Å². The lowest BCUT2D eigenvalue weighted by Crippen LogP contribution is -2.46. The van der Waals surface area contributed by atoms with Gasteiger partial charge in [-0.25, -0.2) is 4.79 Å². The molecule has 3 aromatic carbocycles. The fourth-order valence-electron chi connectivity index (χ4n) is 4.89. The van der Waals surface area contributed by atoms with E-state index in [9.17, 15) is 9.59 Å². The Balaban J connectivity index is 1.55. The van der Waals surface area contributed by atoms with E-state index in [-0.39, 0.29) is 24.4 Å². The highest BCUT2D eigenvalue weighted by atomic mass is 32.2. The number of aromatic nitrogens is 1. The van der Waals surface area contributed by atoms with Gasteiger partial charge in [-0.2, -0.15) is 0 Å². The van der Waals surface area contributed by atoms with Gasteiger partial charge in [0.05, 0.1) is 14.2 Å². The minimum absolute atomic E-state index is 0.0336. The Labute approximate surface area is 252 Å². The molecule has 0 fully saturated rings. The molecule has 0 bridgehead atoms. The standard InChI is InChI=1S/C33H40N4O4S/c1-23(2)20-37(33(39)35-26-11-13-27(42-5)14-12-26)22-32(38)36(21-24-10-15-30(40-3)31(18-24)41-4)17-16-25-19-34-29-9-7-6-8-28(25)29/h6-15,18-19,23,34H,16-17,20-22H2,1-5H3,(H,35,39). The number of methoxy groups -OCH3 is 2. The maximum atomic E-state index is 13.9. The average Bonchev–Trinajstić information content (AvgIpc) is 3.41. The number of ether oxygens (including phenoxy) is 2. The summed E-state index contributed by atoms with van der Waals surface area (Å²) in [6.07, 6.45) is 4.68. The van der Waals surface area contributed by atoms with E-state index in [4.69, 9.17) is 9.47 Å². The monoisotopic (exact) mass is 588 g/mol. The fourth-order valence-corrected chi connectivity index (χ4v) is 5.29. The lowest BCUT2D eigenvalue weighted by atomic mass is 10.1. The molecule has 2 N–H and O–H groups in total. The summed E-state index contributed by atoms with van der Waals surface area (Å²) in [6.45, 7) is 5.35. The van der Waals surface area contributed by atoms with Crippen LogP contribution in [-0.4, -0.2) is 66.8 Å². The molecular weight excluding hydrogens is 548 g/mol. The number of para-hydroxylation sites is 1. The summed E-state index contributed by atoms with van der Waals surface area (Å²) in [5, 5.41) is 4.11. The van der Waals surface area contributed by atoms with Crippen molar-refractivity contribution in [1.82, 2.24) is 14.8 Å². The van der Waals surface area contributed by atoms with Crippen LogP contribution in [0.5, 0.6) is 11.5 Å². The number of rotatable bonds is 13. The van der Waals surface area contributed by atoms with Gasteiger partial charge >= 0.3 is 6.03 Å². The van der Waals surface area contributed by atoms with Crippen molar-refractivity contribution in [2.75, 3.05) is 45.4 Å². The summed E-state index contributed by atoms with van der Waals surface area (Å²) >= 11 is 1.64. The van der Waals surface area contributed by atoms with E-state index in [0.29, 0.717) is 43.2 Å². The molecule has 0 unspecified atom stereocenters. The number of H-pyrrole nitrogens is 1. The molecule has 4 aromatic rings. The highest BCUT2D eigenvalue weighted by molar-refractivity contribution is 7.98. The number of urea groups is 1. The Morgan fingerprint density at radius 3 is 2.38 bits per heavy atom. The maximum absolute atomic E-state index is 13.9. The Morgan fingerprint density at radius 2 is 1.69 bits per heavy atom. The van der Waals surface area contributed by atoms with Gasteiger partial charge in [0.2, 0.25) is 5.91 Å². The van der Waals surface area contributed by atoms with Gasteiger partial charge in [-0.3, -0.25) is 4.79 Å². The van der Waals surface area contributed by atoms with Crippen LogP contribution in [0.1, 0.15) is 25.0 Å². The molecule has 9 heteroatoms. The number of aromatic amines is 1. The minimum atomic E-state index is -0.295. The van der Waals surface area contributed by atoms with Crippen LogP contribution < -0.4 is 14.8 Å². The zero-order chi connectivity index (χ0) is 30.1. The molecule has 0 atom stereocenters. The topological polar surface area (TPSA) is 86.9 Å². The fraction of sp³-hybridized carbons (Fsp3) is 0.333. The molecule has 0 saturated heterocycles. The number of nitrogens with one attached hydrogen (secondary N) is 2. The molecular formula is C33H40N4O4S. The van der Waals surface area contributed by atoms with E-state index >= 15 is 0 Å². The molecule has 0 radical (unpaired) electrons. The molecule has 1 aromatic heterocycles. The molecule has 1 heterocycles. The summed E-state index contributed by atoms with van der Waals surface area (Å²) in [5.41, 5.74) is 3.81. The number of anilines is 1. The molecule has 0 saturated carbocycles. The van der Waals surface area contributed by atoms with Crippen molar-refractivity contribution in [3.63, 3.8) is 0 Å². The first-order valence-electron chi connectivity index (χ1n) is 14.0. The molecule has 222 valence electrons. The van der Waals surface area contributed by atoms with Crippen LogP contribution in [0.3, 0.4) is 0 Å². The van der Waals surface area contributed by atoms with Gasteiger partial charge in [0.25, 0.3) is 0 Å². The molecule has 0 spiro atoms. The second-order valence-corrected chi connectivity index (χ2v) is 11.4. The molecule has 4 rings (SSSR count). The number of carbonyl (C=O) groups excluding carboxylic acids is 2. The number of carbonyl (C=O) groups is 2. The maximum Gasteiger partial charge on any atom is 0.322 e. The lowest BCUT2D eigenvalue weighted by molar-refractivity contribution is -0.132. The van der Waals surface area contributed by atoms with E-state index in [1.165, 1.54) is 0 Å². The SMILES string of the molecule is COc1ccc(CN(CCc2c[nH]c3ccccc23)C(=O)CN(CC(C)C)C(=O)Nc2ccc(SC)cc2)cc1OC. The van der Waals surface area contributed by atoms with Gasteiger partial charge in [0.1, 0.15) is 6.54 Å². The second kappa shape index (κ2) is 14.7. The van der Waals surface area contributed by atoms with Gasteiger partial charge in [0.15, 0.2) is 11.5 Å². The number of amides is 3. The number of hydrogen-bond donors (Lipinski definition) is 2. The largest absolute Gasteiger partial charge is 0.493 e. The van der Waals surface area contributed by atoms with Crippen molar-refractivity contribution in [2.45, 2.75) is 31.7 Å². The van der Waals surface area contributed by atoms with Gasteiger partial charge in [-0.05, 0) is 72.2 Å².